The number of carbonyl (C=O) groups excluding carboxylic acids is 3. The maximum Gasteiger partial charge on any atom is 0.336 e. The summed E-state index contributed by atoms with van der Waals surface area (Å²) in [6, 6.07) is 13.0. The number of halogens is 2. The standard InChI is InChI=1S/C22H13Cl2N3O5/c23-16-7-2-8-17(18(16)24)27-20(29)15(19(28)25-22(27)32)11-14-6-3-9-26(14)13-5-1-4-12(10-13)21(30)31/h1-11H,(H,30,31)(H,25,28,32). The van der Waals surface area contributed by atoms with E-state index in [4.69, 9.17) is 23.2 Å². The molecule has 0 aliphatic carbocycles. The van der Waals surface area contributed by atoms with Crippen molar-refractivity contribution in [1.29, 1.82) is 0 Å². The Labute approximate surface area is 191 Å². The van der Waals surface area contributed by atoms with Crippen LogP contribution in [0.4, 0.5) is 10.5 Å². The van der Waals surface area contributed by atoms with Crippen LogP contribution in [-0.4, -0.2) is 33.5 Å². The van der Waals surface area contributed by atoms with Crippen LogP contribution in [0, 0.1) is 0 Å². The number of nitrogens with one attached hydrogen (secondary N) is 1. The smallest absolute Gasteiger partial charge is 0.336 e. The van der Waals surface area contributed by atoms with Gasteiger partial charge in [-0.2, -0.15) is 0 Å². The molecule has 0 saturated carbocycles. The number of nitrogens with zero attached hydrogens (tertiary/aromatic N) is 2. The second-order valence-electron chi connectivity index (χ2n) is 6.69. The van der Waals surface area contributed by atoms with Crippen molar-refractivity contribution in [2.24, 2.45) is 0 Å². The minimum Gasteiger partial charge on any atom is -0.478 e. The van der Waals surface area contributed by atoms with Crippen molar-refractivity contribution < 1.29 is 24.3 Å². The first-order chi connectivity index (χ1) is 15.3. The fourth-order valence-corrected chi connectivity index (χ4v) is 3.60. The number of benzene rings is 2. The van der Waals surface area contributed by atoms with Crippen molar-refractivity contribution in [1.82, 2.24) is 9.88 Å². The lowest BCUT2D eigenvalue weighted by atomic mass is 10.1. The summed E-state index contributed by atoms with van der Waals surface area (Å²) in [6.07, 6.45) is 2.96. The van der Waals surface area contributed by atoms with Crippen LogP contribution in [0.25, 0.3) is 11.8 Å². The van der Waals surface area contributed by atoms with Gasteiger partial charge in [0, 0.05) is 17.6 Å². The van der Waals surface area contributed by atoms with Gasteiger partial charge < -0.3 is 9.67 Å². The Bertz CT molecular complexity index is 1330. The van der Waals surface area contributed by atoms with Crippen LogP contribution in [0.1, 0.15) is 16.1 Å². The van der Waals surface area contributed by atoms with Gasteiger partial charge in [-0.3, -0.25) is 14.9 Å². The molecule has 1 aromatic heterocycles. The zero-order valence-corrected chi connectivity index (χ0v) is 17.6. The number of amides is 4. The molecular formula is C22H13Cl2N3O5. The summed E-state index contributed by atoms with van der Waals surface area (Å²) in [4.78, 5) is 50.0. The topological polar surface area (TPSA) is 109 Å². The van der Waals surface area contributed by atoms with Gasteiger partial charge in [-0.25, -0.2) is 14.5 Å². The Kier molecular flexibility index (Phi) is 5.56. The predicted molar refractivity (Wildman–Crippen MR) is 118 cm³/mol. The van der Waals surface area contributed by atoms with Crippen LogP contribution in [-0.2, 0) is 9.59 Å². The molecule has 2 N–H and O–H groups in total. The zero-order chi connectivity index (χ0) is 23.0. The van der Waals surface area contributed by atoms with E-state index in [0.717, 1.165) is 4.90 Å². The molecule has 160 valence electrons. The third-order valence-corrected chi connectivity index (χ3v) is 5.53. The fraction of sp³-hybridized carbons (Fsp3) is 0. The van der Waals surface area contributed by atoms with Gasteiger partial charge in [0.25, 0.3) is 11.8 Å². The summed E-state index contributed by atoms with van der Waals surface area (Å²) < 4.78 is 1.60. The predicted octanol–water partition coefficient (Wildman–Crippen LogP) is 4.15. The van der Waals surface area contributed by atoms with E-state index in [1.165, 1.54) is 36.4 Å². The highest BCUT2D eigenvalue weighted by molar-refractivity contribution is 6.46. The van der Waals surface area contributed by atoms with Crippen LogP contribution >= 0.6 is 23.2 Å². The van der Waals surface area contributed by atoms with E-state index < -0.39 is 23.8 Å². The van der Waals surface area contributed by atoms with Crippen LogP contribution < -0.4 is 10.2 Å². The second kappa shape index (κ2) is 8.33. The zero-order valence-electron chi connectivity index (χ0n) is 16.1. The first-order valence-corrected chi connectivity index (χ1v) is 9.90. The Hall–Kier alpha value is -3.88. The van der Waals surface area contributed by atoms with E-state index >= 15 is 0 Å². The lowest BCUT2D eigenvalue weighted by Gasteiger charge is -2.27. The van der Waals surface area contributed by atoms with E-state index in [2.05, 4.69) is 5.32 Å². The number of anilines is 1. The van der Waals surface area contributed by atoms with Crippen molar-refractivity contribution in [2.75, 3.05) is 4.90 Å². The number of carboxylic acid groups (broad SMARTS) is 1. The second-order valence-corrected chi connectivity index (χ2v) is 7.47. The van der Waals surface area contributed by atoms with Gasteiger partial charge in [0.2, 0.25) is 0 Å². The molecule has 3 aromatic rings. The van der Waals surface area contributed by atoms with E-state index in [-0.39, 0.29) is 26.9 Å². The number of rotatable bonds is 4. The SMILES string of the molecule is O=C1NC(=O)N(c2cccc(Cl)c2Cl)C(=O)C1=Cc1cccn1-c1cccc(C(=O)O)c1. The molecule has 1 saturated heterocycles. The van der Waals surface area contributed by atoms with Crippen LogP contribution in [0.3, 0.4) is 0 Å². The first kappa shape index (κ1) is 21.4. The van der Waals surface area contributed by atoms with Gasteiger partial charge in [0.05, 0.1) is 21.3 Å². The Morgan fingerprint density at radius 2 is 1.75 bits per heavy atom. The minimum absolute atomic E-state index is 0.0137. The number of imide groups is 2. The number of carbonyl (C=O) groups is 4. The molecule has 1 aliphatic heterocycles. The minimum atomic E-state index is -1.09. The van der Waals surface area contributed by atoms with Crippen LogP contribution in [0.15, 0.2) is 66.4 Å². The maximum atomic E-state index is 13.1. The summed E-state index contributed by atoms with van der Waals surface area (Å²) in [6.45, 7) is 0. The summed E-state index contributed by atoms with van der Waals surface area (Å²) in [5, 5.41) is 11.5. The molecule has 32 heavy (non-hydrogen) atoms. The Morgan fingerprint density at radius 1 is 1.00 bits per heavy atom. The molecule has 4 rings (SSSR count). The molecule has 8 nitrogen and oxygen atoms in total. The first-order valence-electron chi connectivity index (χ1n) is 9.14. The quantitative estimate of drug-likeness (QED) is 0.440. The van der Waals surface area contributed by atoms with Crippen LogP contribution in [0.2, 0.25) is 10.0 Å². The molecule has 4 amide bonds. The van der Waals surface area contributed by atoms with E-state index in [1.54, 1.807) is 35.0 Å². The molecule has 0 unspecified atom stereocenters. The van der Waals surface area contributed by atoms with Gasteiger partial charge >= 0.3 is 12.0 Å². The fourth-order valence-electron chi connectivity index (χ4n) is 3.22. The summed E-state index contributed by atoms with van der Waals surface area (Å²) in [5.41, 5.74) is 0.724. The normalized spacial score (nSPS) is 15.2. The molecule has 2 heterocycles. The lowest BCUT2D eigenvalue weighted by Crippen LogP contribution is -2.54. The number of aromatic carboxylic acids is 1. The van der Waals surface area contributed by atoms with Gasteiger partial charge in [-0.05, 0) is 48.5 Å². The summed E-state index contributed by atoms with van der Waals surface area (Å²) in [7, 11) is 0. The maximum absolute atomic E-state index is 13.1. The third kappa shape index (κ3) is 3.77. The summed E-state index contributed by atoms with van der Waals surface area (Å²) >= 11 is 12.2. The highest BCUT2D eigenvalue weighted by Crippen LogP contribution is 2.34. The van der Waals surface area contributed by atoms with E-state index in [0.29, 0.717) is 11.4 Å². The molecule has 10 heteroatoms. The monoisotopic (exact) mass is 469 g/mol. The molecule has 0 spiro atoms. The molecule has 2 aromatic carbocycles. The molecule has 0 atom stereocenters. The molecule has 1 fully saturated rings. The molecule has 0 radical (unpaired) electrons. The number of hydrogen-bond donors (Lipinski definition) is 2. The highest BCUT2D eigenvalue weighted by atomic mass is 35.5. The number of aromatic nitrogens is 1. The average molecular weight is 470 g/mol. The van der Waals surface area contributed by atoms with Crippen molar-refractivity contribution in [3.8, 4) is 5.69 Å². The van der Waals surface area contributed by atoms with Gasteiger partial charge in [0.15, 0.2) is 0 Å². The van der Waals surface area contributed by atoms with E-state index in [1.807, 2.05) is 0 Å². The van der Waals surface area contributed by atoms with Gasteiger partial charge in [0.1, 0.15) is 5.57 Å². The molecule has 0 bridgehead atoms. The van der Waals surface area contributed by atoms with Crippen molar-refractivity contribution in [3.05, 3.63) is 87.7 Å². The highest BCUT2D eigenvalue weighted by Gasteiger charge is 2.38. The third-order valence-electron chi connectivity index (χ3n) is 4.72. The van der Waals surface area contributed by atoms with Crippen molar-refractivity contribution in [3.63, 3.8) is 0 Å². The molecule has 1 aliphatic rings. The lowest BCUT2D eigenvalue weighted by molar-refractivity contribution is -0.122. The van der Waals surface area contributed by atoms with Crippen LogP contribution in [0.5, 0.6) is 0 Å². The van der Waals surface area contributed by atoms with Gasteiger partial charge in [-0.15, -0.1) is 0 Å². The summed E-state index contributed by atoms with van der Waals surface area (Å²) in [5.74, 6) is -2.84. The Balaban J connectivity index is 1.77. The number of urea groups is 1. The number of hydrogen-bond acceptors (Lipinski definition) is 4. The van der Waals surface area contributed by atoms with E-state index in [9.17, 15) is 24.3 Å². The largest absolute Gasteiger partial charge is 0.478 e. The number of barbiturate groups is 1. The molecular weight excluding hydrogens is 457 g/mol. The van der Waals surface area contributed by atoms with Crippen molar-refractivity contribution >= 4 is 58.8 Å². The number of carboxylic acids is 1. The Morgan fingerprint density at radius 3 is 2.50 bits per heavy atom. The van der Waals surface area contributed by atoms with Crippen molar-refractivity contribution in [2.45, 2.75) is 0 Å². The van der Waals surface area contributed by atoms with Gasteiger partial charge in [-0.1, -0.05) is 35.3 Å². The average Bonchev–Trinajstić information content (AvgIpc) is 3.22.